The van der Waals surface area contributed by atoms with Crippen molar-refractivity contribution in [2.24, 2.45) is 11.8 Å². The lowest BCUT2D eigenvalue weighted by atomic mass is 10.1. The van der Waals surface area contributed by atoms with Gasteiger partial charge < -0.3 is 4.90 Å². The zero-order valence-corrected chi connectivity index (χ0v) is 9.67. The van der Waals surface area contributed by atoms with Crippen LogP contribution in [0.25, 0.3) is 0 Å². The van der Waals surface area contributed by atoms with Crippen molar-refractivity contribution < 1.29 is 0 Å². The van der Waals surface area contributed by atoms with Crippen LogP contribution in [0.5, 0.6) is 0 Å². The van der Waals surface area contributed by atoms with Gasteiger partial charge in [-0.05, 0) is 31.2 Å². The van der Waals surface area contributed by atoms with E-state index in [0.717, 1.165) is 11.8 Å². The summed E-state index contributed by atoms with van der Waals surface area (Å²) in [5.74, 6) is 2.24. The second-order valence-electron chi connectivity index (χ2n) is 5.28. The molecule has 1 aliphatic heterocycles. The number of nitrogens with zero attached hydrogens (tertiary/aromatic N) is 1. The van der Waals surface area contributed by atoms with E-state index < -0.39 is 0 Å². The van der Waals surface area contributed by atoms with Crippen molar-refractivity contribution >= 4 is 0 Å². The summed E-state index contributed by atoms with van der Waals surface area (Å²) in [6.07, 6.45) is 10.2. The Morgan fingerprint density at radius 1 is 0.929 bits per heavy atom. The number of hydrogen-bond acceptors (Lipinski definition) is 1. The fourth-order valence-corrected chi connectivity index (χ4v) is 2.79. The first kappa shape index (κ1) is 10.5. The van der Waals surface area contributed by atoms with E-state index in [4.69, 9.17) is 0 Å². The Balaban J connectivity index is 1.40. The lowest BCUT2D eigenvalue weighted by Gasteiger charge is -2.16. The molecule has 1 nitrogen and oxygen atoms in total. The SMILES string of the molecule is CCCCCCCCN1CC2CC2C1. The third kappa shape index (κ3) is 2.98. The Kier molecular flexibility index (Phi) is 3.86. The minimum Gasteiger partial charge on any atom is -0.303 e. The molecule has 14 heavy (non-hydrogen) atoms. The molecular formula is C13H25N. The molecule has 0 radical (unpaired) electrons. The molecule has 2 fully saturated rings. The predicted molar refractivity (Wildman–Crippen MR) is 61.4 cm³/mol. The maximum absolute atomic E-state index is 2.69. The van der Waals surface area contributed by atoms with Crippen molar-refractivity contribution in [3.05, 3.63) is 0 Å². The first-order valence-electron chi connectivity index (χ1n) is 6.62. The van der Waals surface area contributed by atoms with Crippen LogP contribution in [0.15, 0.2) is 0 Å². The maximum Gasteiger partial charge on any atom is 0.00130 e. The van der Waals surface area contributed by atoms with E-state index in [1.54, 1.807) is 6.42 Å². The topological polar surface area (TPSA) is 3.24 Å². The monoisotopic (exact) mass is 195 g/mol. The number of unbranched alkanes of at least 4 members (excludes halogenated alkanes) is 5. The molecule has 82 valence electrons. The first-order chi connectivity index (χ1) is 6.90. The van der Waals surface area contributed by atoms with Crippen LogP contribution >= 0.6 is 0 Å². The van der Waals surface area contributed by atoms with Crippen LogP contribution < -0.4 is 0 Å². The molecule has 1 aliphatic carbocycles. The summed E-state index contributed by atoms with van der Waals surface area (Å²) >= 11 is 0. The van der Waals surface area contributed by atoms with Gasteiger partial charge in [0.1, 0.15) is 0 Å². The van der Waals surface area contributed by atoms with Crippen LogP contribution in [0.4, 0.5) is 0 Å². The van der Waals surface area contributed by atoms with Gasteiger partial charge in [-0.15, -0.1) is 0 Å². The van der Waals surface area contributed by atoms with E-state index in [1.165, 1.54) is 58.2 Å². The molecule has 1 heteroatoms. The number of piperidine rings is 1. The molecule has 1 heterocycles. The smallest absolute Gasteiger partial charge is 0.00130 e. The second kappa shape index (κ2) is 5.16. The fraction of sp³-hybridized carbons (Fsp3) is 1.00. The zero-order chi connectivity index (χ0) is 9.80. The summed E-state index contributed by atoms with van der Waals surface area (Å²) in [5, 5.41) is 0. The molecule has 0 aromatic rings. The Morgan fingerprint density at radius 3 is 2.29 bits per heavy atom. The fourth-order valence-electron chi connectivity index (χ4n) is 2.79. The molecule has 0 bridgehead atoms. The van der Waals surface area contributed by atoms with Gasteiger partial charge in [0.05, 0.1) is 0 Å². The number of fused-ring (bicyclic) bond motifs is 1. The van der Waals surface area contributed by atoms with Crippen molar-refractivity contribution in [2.45, 2.75) is 51.9 Å². The highest BCUT2D eigenvalue weighted by molar-refractivity contribution is 4.96. The van der Waals surface area contributed by atoms with Crippen LogP contribution in [0.1, 0.15) is 51.9 Å². The van der Waals surface area contributed by atoms with Crippen molar-refractivity contribution in [2.75, 3.05) is 19.6 Å². The number of rotatable bonds is 7. The van der Waals surface area contributed by atoms with Crippen LogP contribution in [0.2, 0.25) is 0 Å². The highest BCUT2D eigenvalue weighted by atomic mass is 15.2. The number of likely N-dealkylation sites (tertiary alicyclic amines) is 1. The van der Waals surface area contributed by atoms with E-state index in [0.29, 0.717) is 0 Å². The largest absolute Gasteiger partial charge is 0.303 e. The third-order valence-electron chi connectivity index (χ3n) is 3.88. The minimum atomic E-state index is 1.12. The van der Waals surface area contributed by atoms with Gasteiger partial charge in [-0.2, -0.15) is 0 Å². The predicted octanol–water partition coefficient (Wildman–Crippen LogP) is 3.30. The summed E-state index contributed by atoms with van der Waals surface area (Å²) < 4.78 is 0. The normalized spacial score (nSPS) is 30.6. The van der Waals surface area contributed by atoms with E-state index in [9.17, 15) is 0 Å². The van der Waals surface area contributed by atoms with Crippen LogP contribution in [-0.4, -0.2) is 24.5 Å². The van der Waals surface area contributed by atoms with E-state index in [1.807, 2.05) is 0 Å². The molecule has 1 saturated heterocycles. The van der Waals surface area contributed by atoms with Gasteiger partial charge in [-0.1, -0.05) is 39.0 Å². The zero-order valence-electron chi connectivity index (χ0n) is 9.67. The minimum absolute atomic E-state index is 1.12. The first-order valence-corrected chi connectivity index (χ1v) is 6.62. The molecule has 0 aromatic heterocycles. The molecule has 2 aliphatic rings. The van der Waals surface area contributed by atoms with Gasteiger partial charge in [-0.3, -0.25) is 0 Å². The van der Waals surface area contributed by atoms with Gasteiger partial charge >= 0.3 is 0 Å². The Labute approximate surface area is 88.9 Å². The van der Waals surface area contributed by atoms with Crippen LogP contribution in [0, 0.1) is 11.8 Å². The van der Waals surface area contributed by atoms with Gasteiger partial charge in [0, 0.05) is 13.1 Å². The summed E-state index contributed by atoms with van der Waals surface area (Å²) in [6, 6.07) is 0. The molecule has 2 atom stereocenters. The summed E-state index contributed by atoms with van der Waals surface area (Å²) in [5.41, 5.74) is 0. The quantitative estimate of drug-likeness (QED) is 0.563. The van der Waals surface area contributed by atoms with Crippen molar-refractivity contribution in [1.82, 2.24) is 4.90 Å². The van der Waals surface area contributed by atoms with Crippen molar-refractivity contribution in [1.29, 1.82) is 0 Å². The highest BCUT2D eigenvalue weighted by Gasteiger charge is 2.44. The summed E-state index contributed by atoms with van der Waals surface area (Å²) in [4.78, 5) is 2.69. The van der Waals surface area contributed by atoms with Gasteiger partial charge in [0.25, 0.3) is 0 Å². The second-order valence-corrected chi connectivity index (χ2v) is 5.28. The average molecular weight is 195 g/mol. The Hall–Kier alpha value is -0.0400. The highest BCUT2D eigenvalue weighted by Crippen LogP contribution is 2.44. The number of hydrogen-bond donors (Lipinski definition) is 0. The average Bonchev–Trinajstić information content (AvgIpc) is 2.80. The molecule has 0 spiro atoms. The molecule has 0 amide bonds. The van der Waals surface area contributed by atoms with Gasteiger partial charge in [0.2, 0.25) is 0 Å². The van der Waals surface area contributed by atoms with Crippen molar-refractivity contribution in [3.63, 3.8) is 0 Å². The molecular weight excluding hydrogens is 170 g/mol. The molecule has 0 aromatic carbocycles. The van der Waals surface area contributed by atoms with Gasteiger partial charge in [-0.25, -0.2) is 0 Å². The summed E-state index contributed by atoms with van der Waals surface area (Å²) in [7, 11) is 0. The van der Waals surface area contributed by atoms with E-state index >= 15 is 0 Å². The van der Waals surface area contributed by atoms with Crippen LogP contribution in [0.3, 0.4) is 0 Å². The molecule has 0 N–H and O–H groups in total. The lowest BCUT2D eigenvalue weighted by molar-refractivity contribution is 0.296. The molecule has 2 unspecified atom stereocenters. The third-order valence-corrected chi connectivity index (χ3v) is 3.88. The van der Waals surface area contributed by atoms with E-state index in [2.05, 4.69) is 11.8 Å². The Bertz CT molecular complexity index is 157. The van der Waals surface area contributed by atoms with Crippen molar-refractivity contribution in [3.8, 4) is 0 Å². The summed E-state index contributed by atoms with van der Waals surface area (Å²) in [6.45, 7) is 6.54. The maximum atomic E-state index is 2.69. The molecule has 2 rings (SSSR count). The standard InChI is InChI=1S/C13H25N/c1-2-3-4-5-6-7-8-14-10-12-9-13(12)11-14/h12-13H,2-11H2,1H3. The van der Waals surface area contributed by atoms with Crippen LogP contribution in [-0.2, 0) is 0 Å². The van der Waals surface area contributed by atoms with Gasteiger partial charge in [0.15, 0.2) is 0 Å². The lowest BCUT2D eigenvalue weighted by Crippen LogP contribution is -2.23. The Morgan fingerprint density at radius 2 is 1.57 bits per heavy atom. The van der Waals surface area contributed by atoms with E-state index in [-0.39, 0.29) is 0 Å². The molecule has 1 saturated carbocycles.